The molecule has 0 heterocycles. The number of nitrogens with zero attached hydrogens (tertiary/aromatic N) is 1. The quantitative estimate of drug-likeness (QED) is 0.884. The van der Waals surface area contributed by atoms with Gasteiger partial charge in [-0.05, 0) is 38.4 Å². The van der Waals surface area contributed by atoms with Crippen molar-refractivity contribution in [2.75, 3.05) is 27.2 Å². The van der Waals surface area contributed by atoms with E-state index in [1.807, 2.05) is 0 Å². The van der Waals surface area contributed by atoms with Gasteiger partial charge in [0.25, 0.3) is 0 Å². The van der Waals surface area contributed by atoms with Crippen LogP contribution in [0.1, 0.15) is 31.2 Å². The Balaban J connectivity index is 2.38. The first-order chi connectivity index (χ1) is 8.69. The number of hydrogen-bond acceptors (Lipinski definition) is 2. The molecule has 0 amide bonds. The van der Waals surface area contributed by atoms with Crippen molar-refractivity contribution in [1.29, 1.82) is 0 Å². The van der Waals surface area contributed by atoms with Crippen molar-refractivity contribution in [2.45, 2.75) is 31.1 Å². The number of aliphatic hydroxyl groups is 1. The van der Waals surface area contributed by atoms with E-state index >= 15 is 0 Å². The molecule has 100 valence electrons. The molecule has 18 heavy (non-hydrogen) atoms. The van der Waals surface area contributed by atoms with Gasteiger partial charge in [0.15, 0.2) is 0 Å². The summed E-state index contributed by atoms with van der Waals surface area (Å²) in [5.41, 5.74) is 1.54. The van der Waals surface area contributed by atoms with E-state index in [1.165, 1.54) is 24.8 Å². The van der Waals surface area contributed by atoms with Crippen LogP contribution in [0.2, 0.25) is 0 Å². The van der Waals surface area contributed by atoms with Crippen molar-refractivity contribution < 1.29 is 5.11 Å². The van der Waals surface area contributed by atoms with Crippen LogP contribution in [-0.4, -0.2) is 37.3 Å². The van der Waals surface area contributed by atoms with Gasteiger partial charge in [-0.1, -0.05) is 43.2 Å². The van der Waals surface area contributed by atoms with E-state index in [9.17, 15) is 5.11 Å². The van der Waals surface area contributed by atoms with Crippen LogP contribution in [0.3, 0.4) is 0 Å². The number of aliphatic hydroxyl groups excluding tert-OH is 1. The van der Waals surface area contributed by atoms with Crippen LogP contribution in [0.5, 0.6) is 0 Å². The Labute approximate surface area is 111 Å². The van der Waals surface area contributed by atoms with Gasteiger partial charge in [-0.25, -0.2) is 0 Å². The van der Waals surface area contributed by atoms with Gasteiger partial charge >= 0.3 is 0 Å². The van der Waals surface area contributed by atoms with E-state index in [-0.39, 0.29) is 5.41 Å². The molecule has 1 aliphatic carbocycles. The largest absolute Gasteiger partial charge is 0.396 e. The average molecular weight is 247 g/mol. The maximum Gasteiger partial charge on any atom is 0.0468 e. The zero-order chi connectivity index (χ0) is 13.0. The Morgan fingerprint density at radius 2 is 1.94 bits per heavy atom. The van der Waals surface area contributed by atoms with Gasteiger partial charge < -0.3 is 10.0 Å². The van der Waals surface area contributed by atoms with E-state index in [0.717, 1.165) is 13.0 Å². The molecular formula is C16H25NO. The molecule has 0 saturated heterocycles. The monoisotopic (exact) mass is 247 g/mol. The van der Waals surface area contributed by atoms with E-state index in [1.54, 1.807) is 0 Å². The van der Waals surface area contributed by atoms with Crippen molar-refractivity contribution in [1.82, 2.24) is 4.90 Å². The maximum atomic E-state index is 9.78. The third-order valence-electron chi connectivity index (χ3n) is 4.37. The minimum absolute atomic E-state index is 0.137. The van der Waals surface area contributed by atoms with Crippen LogP contribution < -0.4 is 0 Å². The fourth-order valence-electron chi connectivity index (χ4n) is 3.59. The normalized spacial score (nSPS) is 28.6. The van der Waals surface area contributed by atoms with E-state index < -0.39 is 0 Å². The smallest absolute Gasteiger partial charge is 0.0468 e. The molecule has 1 aromatic carbocycles. The summed E-state index contributed by atoms with van der Waals surface area (Å²) in [7, 11) is 4.27. The zero-order valence-electron chi connectivity index (χ0n) is 11.6. The minimum atomic E-state index is 0.137. The lowest BCUT2D eigenvalue weighted by Gasteiger charge is -2.45. The highest BCUT2D eigenvalue weighted by Crippen LogP contribution is 2.44. The van der Waals surface area contributed by atoms with Gasteiger partial charge in [-0.3, -0.25) is 0 Å². The van der Waals surface area contributed by atoms with Gasteiger partial charge in [0, 0.05) is 18.6 Å². The van der Waals surface area contributed by atoms with Gasteiger partial charge in [-0.2, -0.15) is 0 Å². The fraction of sp³-hybridized carbons (Fsp3) is 0.625. The van der Waals surface area contributed by atoms with Crippen molar-refractivity contribution in [3.05, 3.63) is 35.9 Å². The average Bonchev–Trinajstić information content (AvgIpc) is 2.39. The number of likely N-dealkylation sites (N-methyl/N-ethyl adjacent to an activating group) is 1. The molecule has 0 aromatic heterocycles. The molecule has 1 aliphatic rings. The third-order valence-corrected chi connectivity index (χ3v) is 4.37. The van der Waals surface area contributed by atoms with Crippen LogP contribution in [0.25, 0.3) is 0 Å². The first kappa shape index (κ1) is 13.6. The molecule has 0 aliphatic heterocycles. The lowest BCUT2D eigenvalue weighted by atomic mass is 9.62. The lowest BCUT2D eigenvalue weighted by molar-refractivity contribution is 0.0822. The van der Waals surface area contributed by atoms with Crippen LogP contribution in [-0.2, 0) is 5.41 Å². The molecule has 1 fully saturated rings. The topological polar surface area (TPSA) is 23.5 Å². The minimum Gasteiger partial charge on any atom is -0.396 e. The molecule has 1 aromatic rings. The first-order valence-electron chi connectivity index (χ1n) is 7.00. The summed E-state index contributed by atoms with van der Waals surface area (Å²) < 4.78 is 0. The van der Waals surface area contributed by atoms with Crippen LogP contribution in [0.15, 0.2) is 30.3 Å². The third kappa shape index (κ3) is 2.60. The lowest BCUT2D eigenvalue weighted by Crippen LogP contribution is -2.47. The van der Waals surface area contributed by atoms with Crippen molar-refractivity contribution in [3.63, 3.8) is 0 Å². The Morgan fingerprint density at radius 1 is 1.22 bits per heavy atom. The SMILES string of the molecule is CN(C)C[C@]1(c2ccccc2)CCCCC1CO. The molecule has 1 saturated carbocycles. The van der Waals surface area contributed by atoms with Crippen LogP contribution >= 0.6 is 0 Å². The standard InChI is InChI=1S/C16H25NO/c1-17(2)13-16(14-8-4-3-5-9-14)11-7-6-10-15(16)12-18/h3-5,8-9,15,18H,6-7,10-13H2,1-2H3/t15?,16-/m0/s1. The molecule has 2 rings (SSSR count). The fourth-order valence-corrected chi connectivity index (χ4v) is 3.59. The van der Waals surface area contributed by atoms with E-state index in [0.29, 0.717) is 12.5 Å². The number of rotatable bonds is 4. The molecule has 2 nitrogen and oxygen atoms in total. The predicted molar refractivity (Wildman–Crippen MR) is 75.7 cm³/mol. The van der Waals surface area contributed by atoms with Gasteiger partial charge in [0.2, 0.25) is 0 Å². The number of benzene rings is 1. The summed E-state index contributed by atoms with van der Waals surface area (Å²) in [5, 5.41) is 9.78. The molecule has 2 atom stereocenters. The maximum absolute atomic E-state index is 9.78. The molecule has 0 spiro atoms. The Kier molecular flexibility index (Phi) is 4.41. The number of hydrogen-bond donors (Lipinski definition) is 1. The zero-order valence-corrected chi connectivity index (χ0v) is 11.6. The van der Waals surface area contributed by atoms with Gasteiger partial charge in [-0.15, -0.1) is 0 Å². The van der Waals surface area contributed by atoms with E-state index in [2.05, 4.69) is 49.3 Å². The molecule has 0 radical (unpaired) electrons. The highest BCUT2D eigenvalue weighted by molar-refractivity contribution is 5.28. The Hall–Kier alpha value is -0.860. The van der Waals surface area contributed by atoms with Crippen LogP contribution in [0.4, 0.5) is 0 Å². The highest BCUT2D eigenvalue weighted by atomic mass is 16.3. The second kappa shape index (κ2) is 5.85. The van der Waals surface area contributed by atoms with Crippen LogP contribution in [0, 0.1) is 5.92 Å². The highest BCUT2D eigenvalue weighted by Gasteiger charge is 2.41. The van der Waals surface area contributed by atoms with Gasteiger partial charge in [0.1, 0.15) is 0 Å². The molecule has 1 unspecified atom stereocenters. The summed E-state index contributed by atoms with van der Waals surface area (Å²) in [6, 6.07) is 10.8. The first-order valence-corrected chi connectivity index (χ1v) is 7.00. The summed E-state index contributed by atoms with van der Waals surface area (Å²) in [6.45, 7) is 1.34. The summed E-state index contributed by atoms with van der Waals surface area (Å²) >= 11 is 0. The Bertz CT molecular complexity index is 363. The van der Waals surface area contributed by atoms with E-state index in [4.69, 9.17) is 0 Å². The second-order valence-electron chi connectivity index (χ2n) is 5.89. The molecule has 0 bridgehead atoms. The second-order valence-corrected chi connectivity index (χ2v) is 5.89. The molecular weight excluding hydrogens is 222 g/mol. The van der Waals surface area contributed by atoms with Gasteiger partial charge in [0.05, 0.1) is 0 Å². The summed E-state index contributed by atoms with van der Waals surface area (Å²) in [4.78, 5) is 2.26. The van der Waals surface area contributed by atoms with Crippen molar-refractivity contribution in [2.24, 2.45) is 5.92 Å². The Morgan fingerprint density at radius 3 is 2.56 bits per heavy atom. The van der Waals surface area contributed by atoms with Crippen molar-refractivity contribution >= 4 is 0 Å². The summed E-state index contributed by atoms with van der Waals surface area (Å²) in [5.74, 6) is 0.399. The molecule has 2 heteroatoms. The summed E-state index contributed by atoms with van der Waals surface area (Å²) in [6.07, 6.45) is 4.88. The molecule has 1 N–H and O–H groups in total. The predicted octanol–water partition coefficient (Wildman–Crippen LogP) is 2.67. The van der Waals surface area contributed by atoms with Crippen molar-refractivity contribution in [3.8, 4) is 0 Å².